The second-order valence-electron chi connectivity index (χ2n) is 8.90. The molecule has 3 saturated carbocycles. The van der Waals surface area contributed by atoms with Crippen LogP contribution < -0.4 is 10.1 Å². The highest BCUT2D eigenvalue weighted by Crippen LogP contribution is 2.64. The average molecular weight is 460 g/mol. The third kappa shape index (κ3) is 3.52. The van der Waals surface area contributed by atoms with Crippen molar-refractivity contribution in [3.05, 3.63) is 64.1 Å². The van der Waals surface area contributed by atoms with Crippen molar-refractivity contribution in [2.45, 2.75) is 36.4 Å². The average Bonchev–Trinajstić information content (AvgIpc) is 2.99. The molecular formula is C23H23Cl2N3O3. The van der Waals surface area contributed by atoms with Gasteiger partial charge in [0, 0.05) is 29.2 Å². The summed E-state index contributed by atoms with van der Waals surface area (Å²) < 4.78 is 5.53. The van der Waals surface area contributed by atoms with Crippen molar-refractivity contribution in [3.63, 3.8) is 0 Å². The number of likely N-dealkylation sites (N-methyl/N-ethyl adjacent to an activating group) is 1. The zero-order valence-electron chi connectivity index (χ0n) is 17.1. The van der Waals surface area contributed by atoms with E-state index in [1.54, 1.807) is 29.2 Å². The number of benzene rings is 2. The van der Waals surface area contributed by atoms with Gasteiger partial charge in [0.1, 0.15) is 5.75 Å². The quantitative estimate of drug-likeness (QED) is 0.701. The van der Waals surface area contributed by atoms with Gasteiger partial charge in [-0.1, -0.05) is 35.3 Å². The fraction of sp³-hybridized carbons (Fsp3) is 0.391. The van der Waals surface area contributed by atoms with Crippen molar-refractivity contribution in [1.29, 1.82) is 0 Å². The molecule has 6 nitrogen and oxygen atoms in total. The van der Waals surface area contributed by atoms with Crippen LogP contribution in [0.2, 0.25) is 10.0 Å². The maximum atomic E-state index is 12.9. The highest BCUT2D eigenvalue weighted by molar-refractivity contribution is 6.30. The van der Waals surface area contributed by atoms with Crippen LogP contribution in [-0.4, -0.2) is 53.0 Å². The van der Waals surface area contributed by atoms with E-state index < -0.39 is 0 Å². The lowest BCUT2D eigenvalue weighted by Crippen LogP contribution is -2.84. The molecular weight excluding hydrogens is 437 g/mol. The van der Waals surface area contributed by atoms with Crippen molar-refractivity contribution in [3.8, 4) is 5.75 Å². The third-order valence-electron chi connectivity index (χ3n) is 6.77. The summed E-state index contributed by atoms with van der Waals surface area (Å²) in [6, 6.07) is 14.6. The number of hydrogen-bond acceptors (Lipinski definition) is 3. The summed E-state index contributed by atoms with van der Waals surface area (Å²) in [7, 11) is 1.85. The predicted octanol–water partition coefficient (Wildman–Crippen LogP) is 4.27. The van der Waals surface area contributed by atoms with Crippen LogP contribution in [0.25, 0.3) is 0 Å². The summed E-state index contributed by atoms with van der Waals surface area (Å²) in [4.78, 5) is 29.1. The Balaban J connectivity index is 1.16. The van der Waals surface area contributed by atoms with Crippen LogP contribution in [0, 0.1) is 0 Å². The standard InChI is InChI=1S/C23H23Cl2N3O3/c1-27-19(15-2-4-16(24)5-3-15)10-28(21(27)30)23-12-22(13-23,14-23)26-20(29)11-31-18-8-6-17(25)7-9-18/h2-9,19H,10-14H2,1H3,(H,26,29). The van der Waals surface area contributed by atoms with E-state index in [0.29, 0.717) is 22.3 Å². The third-order valence-corrected chi connectivity index (χ3v) is 7.28. The Hall–Kier alpha value is -2.44. The molecule has 0 aromatic heterocycles. The Labute approximate surface area is 191 Å². The fourth-order valence-corrected chi connectivity index (χ4v) is 5.52. The number of rotatable bonds is 6. The van der Waals surface area contributed by atoms with Gasteiger partial charge in [0.25, 0.3) is 5.91 Å². The summed E-state index contributed by atoms with van der Waals surface area (Å²) in [6.07, 6.45) is 2.37. The van der Waals surface area contributed by atoms with Crippen molar-refractivity contribution in [1.82, 2.24) is 15.1 Å². The van der Waals surface area contributed by atoms with E-state index in [0.717, 1.165) is 24.8 Å². The highest BCUT2D eigenvalue weighted by Gasteiger charge is 2.73. The van der Waals surface area contributed by atoms with Gasteiger partial charge in [-0.05, 0) is 61.2 Å². The normalized spacial score (nSPS) is 28.7. The fourth-order valence-electron chi connectivity index (χ4n) is 5.27. The molecule has 2 aromatic carbocycles. The van der Waals surface area contributed by atoms with E-state index in [2.05, 4.69) is 5.32 Å². The van der Waals surface area contributed by atoms with E-state index in [1.165, 1.54) is 0 Å². The molecule has 6 rings (SSSR count). The van der Waals surface area contributed by atoms with Gasteiger partial charge in [-0.25, -0.2) is 4.79 Å². The lowest BCUT2D eigenvalue weighted by Gasteiger charge is -2.72. The Kier molecular flexibility index (Phi) is 4.83. The molecule has 3 aliphatic carbocycles. The van der Waals surface area contributed by atoms with E-state index in [-0.39, 0.29) is 35.7 Å². The van der Waals surface area contributed by atoms with Crippen LogP contribution in [0.4, 0.5) is 4.79 Å². The molecule has 1 heterocycles. The van der Waals surface area contributed by atoms with Crippen LogP contribution >= 0.6 is 23.2 Å². The number of hydrogen-bond donors (Lipinski definition) is 1. The van der Waals surface area contributed by atoms with E-state index >= 15 is 0 Å². The molecule has 162 valence electrons. The first-order valence-corrected chi connectivity index (χ1v) is 11.0. The first kappa shape index (κ1) is 20.5. The van der Waals surface area contributed by atoms with E-state index in [1.807, 2.05) is 36.2 Å². The molecule has 1 N–H and O–H groups in total. The second kappa shape index (κ2) is 7.31. The molecule has 3 amide bonds. The zero-order chi connectivity index (χ0) is 21.8. The molecule has 31 heavy (non-hydrogen) atoms. The van der Waals surface area contributed by atoms with Gasteiger partial charge >= 0.3 is 6.03 Å². The minimum atomic E-state index is -0.211. The predicted molar refractivity (Wildman–Crippen MR) is 118 cm³/mol. The maximum absolute atomic E-state index is 12.9. The minimum Gasteiger partial charge on any atom is -0.484 e. The SMILES string of the molecule is CN1C(=O)N(C23CC(NC(=O)COc4ccc(Cl)cc4)(C2)C3)CC1c1ccc(Cl)cc1. The number of carbonyl (C=O) groups is 2. The van der Waals surface area contributed by atoms with Crippen molar-refractivity contribution >= 4 is 35.1 Å². The molecule has 1 unspecified atom stereocenters. The highest BCUT2D eigenvalue weighted by atomic mass is 35.5. The summed E-state index contributed by atoms with van der Waals surface area (Å²) in [5.74, 6) is 0.458. The number of amides is 3. The van der Waals surface area contributed by atoms with Gasteiger partial charge in [0.15, 0.2) is 6.61 Å². The van der Waals surface area contributed by atoms with Crippen molar-refractivity contribution in [2.75, 3.05) is 20.2 Å². The number of nitrogens with one attached hydrogen (secondary N) is 1. The largest absolute Gasteiger partial charge is 0.484 e. The number of nitrogens with zero attached hydrogens (tertiary/aromatic N) is 2. The van der Waals surface area contributed by atoms with Gasteiger partial charge in [-0.3, -0.25) is 4.79 Å². The second-order valence-corrected chi connectivity index (χ2v) is 9.77. The Morgan fingerprint density at radius 2 is 1.65 bits per heavy atom. The first-order chi connectivity index (χ1) is 14.8. The molecule has 2 bridgehead atoms. The Morgan fingerprint density at radius 3 is 2.26 bits per heavy atom. The molecule has 0 spiro atoms. The maximum Gasteiger partial charge on any atom is 0.320 e. The van der Waals surface area contributed by atoms with Gasteiger partial charge < -0.3 is 19.9 Å². The number of ether oxygens (including phenoxy) is 1. The van der Waals surface area contributed by atoms with Gasteiger partial charge in [-0.2, -0.15) is 0 Å². The minimum absolute atomic E-state index is 0.0112. The lowest BCUT2D eigenvalue weighted by molar-refractivity contribution is -0.166. The summed E-state index contributed by atoms with van der Waals surface area (Å²) >= 11 is 11.9. The zero-order valence-corrected chi connectivity index (χ0v) is 18.6. The summed E-state index contributed by atoms with van der Waals surface area (Å²) in [6.45, 7) is 0.612. The molecule has 8 heteroatoms. The van der Waals surface area contributed by atoms with Crippen LogP contribution in [0.5, 0.6) is 5.75 Å². The van der Waals surface area contributed by atoms with Crippen LogP contribution in [0.1, 0.15) is 30.9 Å². The summed E-state index contributed by atoms with van der Waals surface area (Å²) in [5.41, 5.74) is 0.728. The van der Waals surface area contributed by atoms with E-state index in [4.69, 9.17) is 27.9 Å². The number of halogens is 2. The number of carbonyl (C=O) groups excluding carboxylic acids is 2. The molecule has 1 atom stereocenters. The first-order valence-electron chi connectivity index (χ1n) is 10.3. The topological polar surface area (TPSA) is 61.9 Å². The smallest absolute Gasteiger partial charge is 0.320 e. The number of urea groups is 1. The molecule has 4 fully saturated rings. The monoisotopic (exact) mass is 459 g/mol. The van der Waals surface area contributed by atoms with Gasteiger partial charge in [0.05, 0.1) is 11.6 Å². The van der Waals surface area contributed by atoms with Gasteiger partial charge in [0.2, 0.25) is 0 Å². The van der Waals surface area contributed by atoms with Crippen molar-refractivity contribution < 1.29 is 14.3 Å². The molecule has 2 aromatic rings. The molecule has 4 aliphatic rings. The van der Waals surface area contributed by atoms with Crippen LogP contribution in [0.15, 0.2) is 48.5 Å². The Morgan fingerprint density at radius 1 is 1.06 bits per heavy atom. The molecule has 1 aliphatic heterocycles. The van der Waals surface area contributed by atoms with Crippen LogP contribution in [0.3, 0.4) is 0 Å². The van der Waals surface area contributed by atoms with Gasteiger partial charge in [-0.15, -0.1) is 0 Å². The summed E-state index contributed by atoms with van der Waals surface area (Å²) in [5, 5.41) is 4.41. The molecule has 0 radical (unpaired) electrons. The van der Waals surface area contributed by atoms with E-state index in [9.17, 15) is 9.59 Å². The Bertz CT molecular complexity index is 1010. The van der Waals surface area contributed by atoms with Crippen LogP contribution in [-0.2, 0) is 4.79 Å². The molecule has 1 saturated heterocycles. The van der Waals surface area contributed by atoms with Crippen molar-refractivity contribution in [2.24, 2.45) is 0 Å². The lowest BCUT2D eigenvalue weighted by atomic mass is 9.43.